The van der Waals surface area contributed by atoms with E-state index in [9.17, 15) is 4.79 Å². The number of piperazine rings is 1. The van der Waals surface area contributed by atoms with Crippen LogP contribution in [0.2, 0.25) is 0 Å². The molecule has 1 aliphatic rings. The van der Waals surface area contributed by atoms with Crippen molar-refractivity contribution in [2.45, 2.75) is 54.4 Å². The molecular formula is C29H40N4O2. The molecule has 188 valence electrons. The summed E-state index contributed by atoms with van der Waals surface area (Å²) in [5.74, 6) is 2.11. The van der Waals surface area contributed by atoms with Crippen molar-refractivity contribution in [1.82, 2.24) is 15.1 Å². The highest BCUT2D eigenvalue weighted by molar-refractivity contribution is 5.97. The van der Waals surface area contributed by atoms with Crippen LogP contribution in [0.15, 0.2) is 71.7 Å². The highest BCUT2D eigenvalue weighted by Gasteiger charge is 2.22. The van der Waals surface area contributed by atoms with Crippen molar-refractivity contribution < 1.29 is 9.53 Å². The SMILES string of the molecule is C=Cc1ccc(/C(=C/C)O/C(C)=C/CC)cc1N=C(C)NC(=O)N1CCN(/C=C(/C)CC)C(=C)C1. The monoisotopic (exact) mass is 476 g/mol. The molecule has 1 aromatic rings. The number of benzene rings is 1. The zero-order valence-electron chi connectivity index (χ0n) is 22.1. The van der Waals surface area contributed by atoms with Gasteiger partial charge >= 0.3 is 6.03 Å². The van der Waals surface area contributed by atoms with Crippen LogP contribution in [0.4, 0.5) is 10.5 Å². The van der Waals surface area contributed by atoms with Gasteiger partial charge in [0.05, 0.1) is 18.0 Å². The molecule has 0 aromatic heterocycles. The first-order valence-corrected chi connectivity index (χ1v) is 12.2. The second-order valence-corrected chi connectivity index (χ2v) is 8.59. The minimum atomic E-state index is -0.183. The zero-order chi connectivity index (χ0) is 26.0. The Balaban J connectivity index is 2.16. The number of amides is 2. The quantitative estimate of drug-likeness (QED) is 0.245. The van der Waals surface area contributed by atoms with E-state index in [0.29, 0.717) is 24.6 Å². The number of amidine groups is 1. The molecule has 0 unspecified atom stereocenters. The van der Waals surface area contributed by atoms with Gasteiger partial charge in [0.25, 0.3) is 0 Å². The third-order valence-corrected chi connectivity index (χ3v) is 5.75. The summed E-state index contributed by atoms with van der Waals surface area (Å²) in [7, 11) is 0. The molecule has 6 heteroatoms. The summed E-state index contributed by atoms with van der Waals surface area (Å²) in [6.45, 7) is 21.9. The van der Waals surface area contributed by atoms with Gasteiger partial charge in [0.15, 0.2) is 0 Å². The van der Waals surface area contributed by atoms with E-state index in [1.165, 1.54) is 5.57 Å². The number of rotatable bonds is 8. The van der Waals surface area contributed by atoms with Crippen LogP contribution in [0.25, 0.3) is 11.8 Å². The summed E-state index contributed by atoms with van der Waals surface area (Å²) in [5.41, 5.74) is 4.68. The van der Waals surface area contributed by atoms with Crippen LogP contribution in [0, 0.1) is 0 Å². The first-order valence-electron chi connectivity index (χ1n) is 12.2. The van der Waals surface area contributed by atoms with Gasteiger partial charge in [-0.3, -0.25) is 5.32 Å². The normalized spacial score (nSPS) is 15.9. The van der Waals surface area contributed by atoms with Crippen LogP contribution < -0.4 is 5.32 Å². The van der Waals surface area contributed by atoms with E-state index in [2.05, 4.69) is 55.3 Å². The predicted molar refractivity (Wildman–Crippen MR) is 148 cm³/mol. The van der Waals surface area contributed by atoms with Crippen LogP contribution in [0.5, 0.6) is 0 Å². The fourth-order valence-corrected chi connectivity index (χ4v) is 3.66. The lowest BCUT2D eigenvalue weighted by atomic mass is 10.1. The maximum atomic E-state index is 12.9. The second kappa shape index (κ2) is 13.4. The van der Waals surface area contributed by atoms with Crippen LogP contribution in [0.1, 0.15) is 65.5 Å². The summed E-state index contributed by atoms with van der Waals surface area (Å²) in [6, 6.07) is 5.71. The third-order valence-electron chi connectivity index (χ3n) is 5.75. The molecule has 1 aromatic carbocycles. The van der Waals surface area contributed by atoms with E-state index in [1.54, 1.807) is 17.9 Å². The number of nitrogens with zero attached hydrogens (tertiary/aromatic N) is 3. The Morgan fingerprint density at radius 1 is 1.23 bits per heavy atom. The average molecular weight is 477 g/mol. The van der Waals surface area contributed by atoms with Gasteiger partial charge in [0.2, 0.25) is 0 Å². The highest BCUT2D eigenvalue weighted by Crippen LogP contribution is 2.28. The van der Waals surface area contributed by atoms with Crippen LogP contribution >= 0.6 is 0 Å². The summed E-state index contributed by atoms with van der Waals surface area (Å²) in [4.78, 5) is 21.5. The number of allylic oxidation sites excluding steroid dienone is 4. The van der Waals surface area contributed by atoms with Crippen LogP contribution in [-0.2, 0) is 4.74 Å². The summed E-state index contributed by atoms with van der Waals surface area (Å²) >= 11 is 0. The van der Waals surface area contributed by atoms with Crippen molar-refractivity contribution in [3.8, 4) is 0 Å². The van der Waals surface area contributed by atoms with Gasteiger partial charge in [-0.2, -0.15) is 0 Å². The van der Waals surface area contributed by atoms with E-state index in [-0.39, 0.29) is 6.03 Å². The van der Waals surface area contributed by atoms with E-state index in [4.69, 9.17) is 4.74 Å². The Bertz CT molecular complexity index is 1060. The lowest BCUT2D eigenvalue weighted by Crippen LogP contribution is -2.50. The van der Waals surface area contributed by atoms with Gasteiger partial charge in [-0.05, 0) is 64.3 Å². The Labute approximate surface area is 211 Å². The van der Waals surface area contributed by atoms with Crippen molar-refractivity contribution in [3.63, 3.8) is 0 Å². The molecule has 2 amide bonds. The van der Waals surface area contributed by atoms with Gasteiger partial charge in [-0.1, -0.05) is 50.8 Å². The number of nitrogens with one attached hydrogen (secondary N) is 1. The maximum Gasteiger partial charge on any atom is 0.323 e. The maximum absolute atomic E-state index is 12.9. The van der Waals surface area contributed by atoms with Crippen LogP contribution in [-0.4, -0.2) is 41.3 Å². The minimum Gasteiger partial charge on any atom is -0.462 e. The lowest BCUT2D eigenvalue weighted by Gasteiger charge is -2.36. The molecule has 6 nitrogen and oxygen atoms in total. The van der Waals surface area contributed by atoms with Crippen molar-refractivity contribution in [2.24, 2.45) is 4.99 Å². The number of hydrogen-bond acceptors (Lipinski definition) is 4. The van der Waals surface area contributed by atoms with E-state index in [1.807, 2.05) is 44.2 Å². The van der Waals surface area contributed by atoms with Gasteiger partial charge in [-0.15, -0.1) is 0 Å². The molecular weight excluding hydrogens is 436 g/mol. The number of ether oxygens (including phenoxy) is 1. The Kier molecular flexibility index (Phi) is 10.6. The fourth-order valence-electron chi connectivity index (χ4n) is 3.66. The zero-order valence-corrected chi connectivity index (χ0v) is 22.1. The number of urea groups is 1. The molecule has 0 spiro atoms. The number of carbonyl (C=O) groups excluding carboxylic acids is 1. The van der Waals surface area contributed by atoms with Crippen LogP contribution in [0.3, 0.4) is 0 Å². The predicted octanol–water partition coefficient (Wildman–Crippen LogP) is 7.23. The second-order valence-electron chi connectivity index (χ2n) is 8.59. The topological polar surface area (TPSA) is 57.2 Å². The smallest absolute Gasteiger partial charge is 0.323 e. The van der Waals surface area contributed by atoms with Crippen molar-refractivity contribution in [3.05, 3.63) is 77.9 Å². The van der Waals surface area contributed by atoms with Crippen molar-refractivity contribution >= 4 is 29.4 Å². The Morgan fingerprint density at radius 3 is 2.57 bits per heavy atom. The molecule has 1 aliphatic heterocycles. The molecule has 1 heterocycles. The molecule has 0 atom stereocenters. The molecule has 0 radical (unpaired) electrons. The Morgan fingerprint density at radius 2 is 1.97 bits per heavy atom. The average Bonchev–Trinajstić information content (AvgIpc) is 2.83. The van der Waals surface area contributed by atoms with Gasteiger partial charge in [-0.25, -0.2) is 9.79 Å². The molecule has 0 aliphatic carbocycles. The molecule has 0 saturated carbocycles. The number of aliphatic imine (C=N–C) groups is 1. The van der Waals surface area contributed by atoms with Crippen molar-refractivity contribution in [2.75, 3.05) is 19.6 Å². The van der Waals surface area contributed by atoms with E-state index in [0.717, 1.165) is 47.7 Å². The Hall–Kier alpha value is -3.54. The first-order chi connectivity index (χ1) is 16.7. The largest absolute Gasteiger partial charge is 0.462 e. The van der Waals surface area contributed by atoms with Crippen molar-refractivity contribution in [1.29, 1.82) is 0 Å². The van der Waals surface area contributed by atoms with Gasteiger partial charge in [0.1, 0.15) is 11.6 Å². The summed E-state index contributed by atoms with van der Waals surface area (Å²) in [6.07, 6.45) is 9.75. The first kappa shape index (κ1) is 27.7. The molecule has 1 saturated heterocycles. The summed E-state index contributed by atoms with van der Waals surface area (Å²) < 4.78 is 6.01. The molecule has 2 rings (SSSR count). The molecule has 1 N–H and O–H groups in total. The number of carbonyl (C=O) groups is 1. The minimum absolute atomic E-state index is 0.183. The molecule has 0 bridgehead atoms. The molecule has 1 fully saturated rings. The van der Waals surface area contributed by atoms with Gasteiger partial charge < -0.3 is 14.5 Å². The van der Waals surface area contributed by atoms with E-state index >= 15 is 0 Å². The lowest BCUT2D eigenvalue weighted by molar-refractivity contribution is 0.186. The van der Waals surface area contributed by atoms with Gasteiger partial charge in [0, 0.05) is 30.5 Å². The molecule has 35 heavy (non-hydrogen) atoms. The standard InChI is InChI=1S/C29H40N4O2/c1-9-13-23(7)35-28(12-4)26-15-14-25(11-3)27(18-26)30-24(8)31-29(34)33-17-16-32(22(6)20-33)19-21(5)10-2/h11-15,18-19H,3,6,9-10,16-17,20H2,1-2,4-5,7-8H3,(H,30,31,34)/b21-19-,23-13+,28-12-. The highest BCUT2D eigenvalue weighted by atomic mass is 16.5. The number of hydrogen-bond donors (Lipinski definition) is 1. The fraction of sp³-hybridized carbons (Fsp3) is 0.379. The van der Waals surface area contributed by atoms with E-state index < -0.39 is 0 Å². The third kappa shape index (κ3) is 8.02. The summed E-state index contributed by atoms with van der Waals surface area (Å²) in [5, 5.41) is 2.92.